The van der Waals surface area contributed by atoms with Gasteiger partial charge in [0.15, 0.2) is 0 Å². The number of carbonyl (C=O) groups is 1. The number of rotatable bonds is 4. The largest absolute Gasteiger partial charge is 0.384 e. The SMILES string of the molecule is COCC(C)NC(=O)c1ccncc1C#CCO. The Morgan fingerprint density at radius 2 is 2.44 bits per heavy atom. The molecule has 0 aliphatic carbocycles. The van der Waals surface area contributed by atoms with Crippen molar-refractivity contribution in [1.29, 1.82) is 0 Å². The van der Waals surface area contributed by atoms with E-state index < -0.39 is 0 Å². The number of nitrogens with zero attached hydrogens (tertiary/aromatic N) is 1. The average molecular weight is 248 g/mol. The number of hydrogen-bond acceptors (Lipinski definition) is 4. The van der Waals surface area contributed by atoms with Gasteiger partial charge in [-0.15, -0.1) is 0 Å². The number of nitrogens with one attached hydrogen (secondary N) is 1. The average Bonchev–Trinajstić information content (AvgIpc) is 2.36. The first-order valence-electron chi connectivity index (χ1n) is 5.52. The van der Waals surface area contributed by atoms with Gasteiger partial charge >= 0.3 is 0 Å². The second-order valence-corrected chi connectivity index (χ2v) is 3.71. The van der Waals surface area contributed by atoms with Gasteiger partial charge < -0.3 is 15.2 Å². The van der Waals surface area contributed by atoms with E-state index in [2.05, 4.69) is 22.1 Å². The number of carbonyl (C=O) groups excluding carboxylic acids is 1. The Morgan fingerprint density at radius 3 is 3.11 bits per heavy atom. The van der Waals surface area contributed by atoms with E-state index in [0.717, 1.165) is 0 Å². The second-order valence-electron chi connectivity index (χ2n) is 3.71. The number of aliphatic hydroxyl groups excluding tert-OH is 1. The van der Waals surface area contributed by atoms with Crippen molar-refractivity contribution in [3.63, 3.8) is 0 Å². The summed E-state index contributed by atoms with van der Waals surface area (Å²) in [4.78, 5) is 15.9. The first-order valence-corrected chi connectivity index (χ1v) is 5.52. The van der Waals surface area contributed by atoms with Crippen LogP contribution >= 0.6 is 0 Å². The third-order valence-corrected chi connectivity index (χ3v) is 2.16. The predicted octanol–water partition coefficient (Wildman–Crippen LogP) is 0.190. The Morgan fingerprint density at radius 1 is 1.67 bits per heavy atom. The van der Waals surface area contributed by atoms with Crippen LogP contribution in [0.5, 0.6) is 0 Å². The van der Waals surface area contributed by atoms with Crippen LogP contribution in [0.4, 0.5) is 0 Å². The number of methoxy groups -OCH3 is 1. The third-order valence-electron chi connectivity index (χ3n) is 2.16. The Bertz CT molecular complexity index is 463. The van der Waals surface area contributed by atoms with E-state index in [1.165, 1.54) is 12.4 Å². The molecule has 0 bridgehead atoms. The van der Waals surface area contributed by atoms with E-state index in [1.54, 1.807) is 13.2 Å². The molecule has 1 heterocycles. The molecule has 1 atom stereocenters. The highest BCUT2D eigenvalue weighted by Gasteiger charge is 2.12. The van der Waals surface area contributed by atoms with Gasteiger partial charge in [0, 0.05) is 25.5 Å². The lowest BCUT2D eigenvalue weighted by Crippen LogP contribution is -2.36. The van der Waals surface area contributed by atoms with Crippen LogP contribution in [-0.4, -0.2) is 42.4 Å². The zero-order valence-corrected chi connectivity index (χ0v) is 10.4. The summed E-state index contributed by atoms with van der Waals surface area (Å²) in [7, 11) is 1.58. The molecule has 0 fully saturated rings. The number of pyridine rings is 1. The molecule has 0 aliphatic rings. The number of aromatic nitrogens is 1. The first-order chi connectivity index (χ1) is 8.69. The molecule has 1 unspecified atom stereocenters. The molecule has 5 heteroatoms. The molecule has 96 valence electrons. The summed E-state index contributed by atoms with van der Waals surface area (Å²) in [6.07, 6.45) is 3.03. The molecule has 0 saturated heterocycles. The van der Waals surface area contributed by atoms with Gasteiger partial charge in [0.05, 0.1) is 17.7 Å². The maximum atomic E-state index is 12.0. The second kappa shape index (κ2) is 7.43. The molecule has 0 aliphatic heterocycles. The molecule has 1 aromatic rings. The van der Waals surface area contributed by atoms with E-state index in [1.807, 2.05) is 6.92 Å². The summed E-state index contributed by atoms with van der Waals surface area (Å²) in [6.45, 7) is 2.03. The van der Waals surface area contributed by atoms with Gasteiger partial charge in [0.25, 0.3) is 5.91 Å². The minimum absolute atomic E-state index is 0.0886. The molecule has 1 aromatic heterocycles. The van der Waals surface area contributed by atoms with Gasteiger partial charge in [-0.05, 0) is 13.0 Å². The van der Waals surface area contributed by atoms with Crippen molar-refractivity contribution in [3.8, 4) is 11.8 Å². The zero-order valence-electron chi connectivity index (χ0n) is 10.4. The van der Waals surface area contributed by atoms with Crippen LogP contribution in [-0.2, 0) is 4.74 Å². The minimum Gasteiger partial charge on any atom is -0.384 e. The van der Waals surface area contributed by atoms with Gasteiger partial charge in [-0.1, -0.05) is 11.8 Å². The molecule has 18 heavy (non-hydrogen) atoms. The highest BCUT2D eigenvalue weighted by molar-refractivity contribution is 5.96. The third kappa shape index (κ3) is 4.17. The van der Waals surface area contributed by atoms with Crippen LogP contribution in [0.3, 0.4) is 0 Å². The van der Waals surface area contributed by atoms with Crippen LogP contribution in [0.25, 0.3) is 0 Å². The topological polar surface area (TPSA) is 71.5 Å². The molecule has 1 rings (SSSR count). The van der Waals surface area contributed by atoms with E-state index in [9.17, 15) is 4.79 Å². The van der Waals surface area contributed by atoms with Crippen molar-refractivity contribution < 1.29 is 14.6 Å². The molecule has 5 nitrogen and oxygen atoms in total. The maximum Gasteiger partial charge on any atom is 0.252 e. The van der Waals surface area contributed by atoms with Crippen LogP contribution < -0.4 is 5.32 Å². The Labute approximate surface area is 106 Å². The Hall–Kier alpha value is -1.90. The normalized spacial score (nSPS) is 11.3. The highest BCUT2D eigenvalue weighted by Crippen LogP contribution is 2.05. The van der Waals surface area contributed by atoms with Gasteiger partial charge in [-0.3, -0.25) is 9.78 Å². The lowest BCUT2D eigenvalue weighted by atomic mass is 10.1. The van der Waals surface area contributed by atoms with Crippen molar-refractivity contribution in [2.24, 2.45) is 0 Å². The quantitative estimate of drug-likeness (QED) is 0.746. The number of hydrogen-bond donors (Lipinski definition) is 2. The maximum absolute atomic E-state index is 12.0. The van der Waals surface area contributed by atoms with Gasteiger partial charge in [0.1, 0.15) is 6.61 Å². The smallest absolute Gasteiger partial charge is 0.252 e. The molecule has 0 radical (unpaired) electrons. The zero-order chi connectivity index (χ0) is 13.4. The van der Waals surface area contributed by atoms with Gasteiger partial charge in [0.2, 0.25) is 0 Å². The summed E-state index contributed by atoms with van der Waals surface area (Å²) in [5.74, 6) is 4.96. The molecule has 0 aromatic carbocycles. The fourth-order valence-corrected chi connectivity index (χ4v) is 1.42. The van der Waals surface area contributed by atoms with Crippen LogP contribution in [0.1, 0.15) is 22.8 Å². The Kier molecular flexibility index (Phi) is 5.85. The van der Waals surface area contributed by atoms with Crippen LogP contribution in [0.15, 0.2) is 18.5 Å². The molecular formula is C13H16N2O3. The van der Waals surface area contributed by atoms with Crippen LogP contribution in [0, 0.1) is 11.8 Å². The van der Waals surface area contributed by atoms with Crippen molar-refractivity contribution in [3.05, 3.63) is 29.6 Å². The summed E-state index contributed by atoms with van der Waals surface area (Å²) in [5.41, 5.74) is 0.933. The lowest BCUT2D eigenvalue weighted by Gasteiger charge is -2.13. The molecule has 2 N–H and O–H groups in total. The monoisotopic (exact) mass is 248 g/mol. The van der Waals surface area contributed by atoms with Crippen LogP contribution in [0.2, 0.25) is 0 Å². The summed E-state index contributed by atoms with van der Waals surface area (Å²) < 4.78 is 4.95. The van der Waals surface area contributed by atoms with Gasteiger partial charge in [-0.2, -0.15) is 0 Å². The lowest BCUT2D eigenvalue weighted by molar-refractivity contribution is 0.0905. The molecule has 0 spiro atoms. The predicted molar refractivity (Wildman–Crippen MR) is 67.0 cm³/mol. The van der Waals surface area contributed by atoms with E-state index in [4.69, 9.17) is 9.84 Å². The molecule has 0 saturated carbocycles. The number of aliphatic hydroxyl groups is 1. The van der Waals surface area contributed by atoms with Gasteiger partial charge in [-0.25, -0.2) is 0 Å². The van der Waals surface area contributed by atoms with E-state index in [-0.39, 0.29) is 18.6 Å². The minimum atomic E-state index is -0.254. The summed E-state index contributed by atoms with van der Waals surface area (Å²) in [5, 5.41) is 11.5. The fraction of sp³-hybridized carbons (Fsp3) is 0.385. The molecular weight excluding hydrogens is 232 g/mol. The summed E-state index contributed by atoms with van der Waals surface area (Å²) >= 11 is 0. The Balaban J connectivity index is 2.85. The standard InChI is InChI=1S/C13H16N2O3/c1-10(9-18-2)15-13(17)12-5-6-14-8-11(12)4-3-7-16/h5-6,8,10,16H,7,9H2,1-2H3,(H,15,17). The highest BCUT2D eigenvalue weighted by atomic mass is 16.5. The number of ether oxygens (including phenoxy) is 1. The van der Waals surface area contributed by atoms with Crippen molar-refractivity contribution in [2.45, 2.75) is 13.0 Å². The van der Waals surface area contributed by atoms with E-state index >= 15 is 0 Å². The van der Waals surface area contributed by atoms with Crippen molar-refractivity contribution in [2.75, 3.05) is 20.3 Å². The molecule has 1 amide bonds. The first kappa shape index (κ1) is 14.2. The van der Waals surface area contributed by atoms with Crippen molar-refractivity contribution in [1.82, 2.24) is 10.3 Å². The fourth-order valence-electron chi connectivity index (χ4n) is 1.42. The number of amides is 1. The van der Waals surface area contributed by atoms with Crippen molar-refractivity contribution >= 4 is 5.91 Å². The van der Waals surface area contributed by atoms with E-state index in [0.29, 0.717) is 17.7 Å². The summed E-state index contributed by atoms with van der Waals surface area (Å²) in [6, 6.07) is 1.50.